The van der Waals surface area contributed by atoms with Gasteiger partial charge in [-0.3, -0.25) is 0 Å². The molecule has 3 heteroatoms. The minimum atomic E-state index is -0.430. The highest BCUT2D eigenvalue weighted by molar-refractivity contribution is 6.04. The van der Waals surface area contributed by atoms with E-state index in [1.165, 1.54) is 56.9 Å². The monoisotopic (exact) mass is 408 g/mol. The number of fused-ring (bicyclic) bond motifs is 3. The lowest BCUT2D eigenvalue weighted by atomic mass is 9.77. The molecule has 4 rings (SSSR count). The van der Waals surface area contributed by atoms with E-state index in [1.54, 1.807) is 0 Å². The Kier molecular flexibility index (Phi) is 6.55. The van der Waals surface area contributed by atoms with Crippen molar-refractivity contribution < 1.29 is 8.81 Å². The lowest BCUT2D eigenvalue weighted by Gasteiger charge is -2.29. The summed E-state index contributed by atoms with van der Waals surface area (Å²) >= 11 is 0. The van der Waals surface area contributed by atoms with E-state index in [1.807, 2.05) is 31.2 Å². The normalized spacial score (nSPS) is 19.6. The highest BCUT2D eigenvalue weighted by Gasteiger charge is 2.23. The molecular formula is C27H33FO2. The predicted octanol–water partition coefficient (Wildman–Crippen LogP) is 7.89. The summed E-state index contributed by atoms with van der Waals surface area (Å²) < 4.78 is 20.3. The van der Waals surface area contributed by atoms with Crippen LogP contribution in [-0.4, -0.2) is 0 Å². The molecule has 1 aromatic heterocycles. The van der Waals surface area contributed by atoms with E-state index in [2.05, 4.69) is 13.0 Å². The van der Waals surface area contributed by atoms with Crippen molar-refractivity contribution in [3.8, 4) is 0 Å². The first-order chi connectivity index (χ1) is 14.6. The fourth-order valence-electron chi connectivity index (χ4n) is 5.21. The van der Waals surface area contributed by atoms with E-state index >= 15 is 0 Å². The second-order valence-electron chi connectivity index (χ2n) is 9.07. The Morgan fingerprint density at radius 1 is 0.933 bits per heavy atom. The summed E-state index contributed by atoms with van der Waals surface area (Å²) in [4.78, 5) is 12.7. The van der Waals surface area contributed by atoms with Crippen LogP contribution in [0.5, 0.6) is 0 Å². The second kappa shape index (κ2) is 9.32. The molecule has 30 heavy (non-hydrogen) atoms. The topological polar surface area (TPSA) is 30.2 Å². The second-order valence-corrected chi connectivity index (χ2v) is 9.07. The molecule has 1 aliphatic rings. The summed E-state index contributed by atoms with van der Waals surface area (Å²) in [7, 11) is 0. The molecule has 1 aliphatic carbocycles. The predicted molar refractivity (Wildman–Crippen MR) is 123 cm³/mol. The molecule has 3 aromatic rings. The first-order valence-corrected chi connectivity index (χ1v) is 11.8. The number of benzene rings is 2. The summed E-state index contributed by atoms with van der Waals surface area (Å²) in [5.74, 6) is 0.983. The van der Waals surface area contributed by atoms with E-state index in [0.29, 0.717) is 28.7 Å². The van der Waals surface area contributed by atoms with Gasteiger partial charge >= 0.3 is 5.63 Å². The van der Waals surface area contributed by atoms with Gasteiger partial charge in [0, 0.05) is 10.8 Å². The minimum Gasteiger partial charge on any atom is -0.419 e. The molecule has 2 nitrogen and oxygen atoms in total. The standard InChI is InChI=1S/C27H33FO2/c1-3-5-6-8-18-9-11-19(12-10-18)21-14-15-22-23-16-13-20(7-4-2)25(28)26(23)30-27(29)24(22)17-21/h13-19H,3-12H2,1-2H3. The van der Waals surface area contributed by atoms with Gasteiger partial charge in [0.1, 0.15) is 0 Å². The Bertz CT molecular complexity index is 1070. The molecule has 1 saturated carbocycles. The van der Waals surface area contributed by atoms with Gasteiger partial charge in [0.25, 0.3) is 0 Å². The molecule has 0 N–H and O–H groups in total. The third kappa shape index (κ3) is 4.17. The summed E-state index contributed by atoms with van der Waals surface area (Å²) in [5, 5.41) is 2.06. The third-order valence-electron chi connectivity index (χ3n) is 6.98. The SMILES string of the molecule is CCCCCC1CCC(c2ccc3c(c2)c(=O)oc2c(F)c(CCC)ccc23)CC1. The lowest BCUT2D eigenvalue weighted by Crippen LogP contribution is -2.14. The van der Waals surface area contributed by atoms with Crippen LogP contribution in [0.3, 0.4) is 0 Å². The highest BCUT2D eigenvalue weighted by Crippen LogP contribution is 2.39. The highest BCUT2D eigenvalue weighted by atomic mass is 19.1. The van der Waals surface area contributed by atoms with E-state index in [9.17, 15) is 9.18 Å². The fourth-order valence-corrected chi connectivity index (χ4v) is 5.21. The van der Waals surface area contributed by atoms with Crippen molar-refractivity contribution in [3.05, 3.63) is 57.7 Å². The van der Waals surface area contributed by atoms with Crippen molar-refractivity contribution in [1.29, 1.82) is 0 Å². The summed E-state index contributed by atoms with van der Waals surface area (Å²) in [6.07, 6.45) is 11.8. The molecule has 0 radical (unpaired) electrons. The van der Waals surface area contributed by atoms with Crippen LogP contribution in [0.15, 0.2) is 39.5 Å². The maximum atomic E-state index is 14.8. The fraction of sp³-hybridized carbons (Fsp3) is 0.519. The number of hydrogen-bond acceptors (Lipinski definition) is 2. The number of halogens is 1. The Morgan fingerprint density at radius 3 is 2.43 bits per heavy atom. The maximum Gasteiger partial charge on any atom is 0.344 e. The van der Waals surface area contributed by atoms with Gasteiger partial charge in [-0.25, -0.2) is 9.18 Å². The largest absolute Gasteiger partial charge is 0.419 e. The Balaban J connectivity index is 1.61. The van der Waals surface area contributed by atoms with Gasteiger partial charge in [0.05, 0.1) is 5.39 Å². The van der Waals surface area contributed by atoms with Crippen molar-refractivity contribution in [2.24, 2.45) is 5.92 Å². The average molecular weight is 409 g/mol. The molecule has 0 amide bonds. The number of aryl methyl sites for hydroxylation is 1. The number of hydrogen-bond donors (Lipinski definition) is 0. The zero-order chi connectivity index (χ0) is 21.1. The van der Waals surface area contributed by atoms with E-state index in [4.69, 9.17) is 4.42 Å². The van der Waals surface area contributed by atoms with Crippen molar-refractivity contribution >= 4 is 21.7 Å². The molecular weight excluding hydrogens is 375 g/mol. The Morgan fingerprint density at radius 2 is 1.70 bits per heavy atom. The molecule has 0 bridgehead atoms. The molecule has 0 saturated heterocycles. The van der Waals surface area contributed by atoms with Gasteiger partial charge < -0.3 is 4.42 Å². The van der Waals surface area contributed by atoms with Gasteiger partial charge in [-0.15, -0.1) is 0 Å². The van der Waals surface area contributed by atoms with Crippen molar-refractivity contribution in [3.63, 3.8) is 0 Å². The van der Waals surface area contributed by atoms with E-state index in [0.717, 1.165) is 17.7 Å². The smallest absolute Gasteiger partial charge is 0.344 e. The van der Waals surface area contributed by atoms with Crippen LogP contribution in [-0.2, 0) is 6.42 Å². The van der Waals surface area contributed by atoms with Gasteiger partial charge in [-0.1, -0.05) is 70.2 Å². The van der Waals surface area contributed by atoms with E-state index < -0.39 is 5.63 Å². The first kappa shape index (κ1) is 21.1. The quantitative estimate of drug-likeness (QED) is 0.226. The van der Waals surface area contributed by atoms with Crippen LogP contribution in [0, 0.1) is 11.7 Å². The number of rotatable bonds is 7. The molecule has 0 atom stereocenters. The zero-order valence-electron chi connectivity index (χ0n) is 18.3. The molecule has 0 spiro atoms. The zero-order valence-corrected chi connectivity index (χ0v) is 18.3. The Labute approximate surface area is 178 Å². The summed E-state index contributed by atoms with van der Waals surface area (Å²) in [5.41, 5.74) is 1.50. The minimum absolute atomic E-state index is 0.0961. The van der Waals surface area contributed by atoms with Crippen LogP contribution < -0.4 is 5.63 Å². The molecule has 0 unspecified atom stereocenters. The van der Waals surface area contributed by atoms with Gasteiger partial charge in [0.2, 0.25) is 0 Å². The van der Waals surface area contributed by atoms with Crippen molar-refractivity contribution in [1.82, 2.24) is 0 Å². The van der Waals surface area contributed by atoms with Crippen LogP contribution >= 0.6 is 0 Å². The molecule has 2 aromatic carbocycles. The molecule has 1 fully saturated rings. The number of unbranched alkanes of at least 4 members (excludes halogenated alkanes) is 2. The summed E-state index contributed by atoms with van der Waals surface area (Å²) in [6, 6.07) is 9.86. The average Bonchev–Trinajstić information content (AvgIpc) is 2.77. The van der Waals surface area contributed by atoms with Crippen LogP contribution in [0.25, 0.3) is 21.7 Å². The lowest BCUT2D eigenvalue weighted by molar-refractivity contribution is 0.303. The first-order valence-electron chi connectivity index (χ1n) is 11.8. The van der Waals surface area contributed by atoms with Gasteiger partial charge in [0.15, 0.2) is 11.4 Å². The van der Waals surface area contributed by atoms with Crippen LogP contribution in [0.2, 0.25) is 0 Å². The molecule has 160 valence electrons. The molecule has 0 aliphatic heterocycles. The van der Waals surface area contributed by atoms with Crippen molar-refractivity contribution in [2.45, 2.75) is 84.0 Å². The van der Waals surface area contributed by atoms with E-state index in [-0.39, 0.29) is 11.4 Å². The molecule has 1 heterocycles. The third-order valence-corrected chi connectivity index (χ3v) is 6.98. The van der Waals surface area contributed by atoms with Gasteiger partial charge in [-0.2, -0.15) is 0 Å². The van der Waals surface area contributed by atoms with Crippen LogP contribution in [0.4, 0.5) is 4.39 Å². The van der Waals surface area contributed by atoms with Crippen LogP contribution in [0.1, 0.15) is 88.7 Å². The Hall–Kier alpha value is -2.16. The maximum absolute atomic E-state index is 14.8. The summed E-state index contributed by atoms with van der Waals surface area (Å²) in [6.45, 7) is 4.27. The van der Waals surface area contributed by atoms with Crippen molar-refractivity contribution in [2.75, 3.05) is 0 Å². The van der Waals surface area contributed by atoms with Gasteiger partial charge in [-0.05, 0) is 61.1 Å².